The van der Waals surface area contributed by atoms with Crippen LogP contribution in [0.3, 0.4) is 0 Å². The molecule has 0 aromatic heterocycles. The van der Waals surface area contributed by atoms with Crippen LogP contribution in [0.1, 0.15) is 24.0 Å². The predicted molar refractivity (Wildman–Crippen MR) is 108 cm³/mol. The fourth-order valence-electron chi connectivity index (χ4n) is 3.38. The summed E-state index contributed by atoms with van der Waals surface area (Å²) in [7, 11) is 5.51. The molecule has 5 heteroatoms. The summed E-state index contributed by atoms with van der Waals surface area (Å²) in [5.41, 5.74) is 2.24. The van der Waals surface area contributed by atoms with Crippen molar-refractivity contribution < 1.29 is 14.2 Å². The molecular weight excluding hydrogens is 340 g/mol. The molecule has 1 saturated heterocycles. The second-order valence-electron chi connectivity index (χ2n) is 7.06. The highest BCUT2D eigenvalue weighted by Gasteiger charge is 2.18. The van der Waals surface area contributed by atoms with Crippen molar-refractivity contribution in [3.8, 4) is 17.2 Å². The molecule has 1 aliphatic heterocycles. The Bertz CT molecular complexity index is 688. The van der Waals surface area contributed by atoms with Crippen molar-refractivity contribution in [2.24, 2.45) is 0 Å². The van der Waals surface area contributed by atoms with Crippen LogP contribution in [0.4, 0.5) is 0 Å². The lowest BCUT2D eigenvalue weighted by molar-refractivity contribution is 0.234. The van der Waals surface area contributed by atoms with Gasteiger partial charge in [-0.1, -0.05) is 30.3 Å². The summed E-state index contributed by atoms with van der Waals surface area (Å²) < 4.78 is 17.2. The maximum absolute atomic E-state index is 6.02. The van der Waals surface area contributed by atoms with Crippen LogP contribution in [0.2, 0.25) is 0 Å². The van der Waals surface area contributed by atoms with Gasteiger partial charge in [0.25, 0.3) is 0 Å². The van der Waals surface area contributed by atoms with E-state index in [2.05, 4.69) is 17.3 Å². The second-order valence-corrected chi connectivity index (χ2v) is 7.06. The number of benzene rings is 2. The summed E-state index contributed by atoms with van der Waals surface area (Å²) in [4.78, 5) is 2.38. The summed E-state index contributed by atoms with van der Waals surface area (Å²) in [5, 5.41) is 3.66. The maximum Gasteiger partial charge on any atom is 0.203 e. The normalized spacial score (nSPS) is 15.5. The minimum Gasteiger partial charge on any atom is -0.493 e. The number of rotatable bonds is 8. The van der Waals surface area contributed by atoms with Gasteiger partial charge in [-0.25, -0.2) is 0 Å². The average molecular weight is 370 g/mol. The first-order valence-electron chi connectivity index (χ1n) is 9.53. The van der Waals surface area contributed by atoms with Crippen molar-refractivity contribution in [1.82, 2.24) is 10.2 Å². The fourth-order valence-corrected chi connectivity index (χ4v) is 3.38. The Hall–Kier alpha value is -2.24. The molecule has 1 N–H and O–H groups in total. The van der Waals surface area contributed by atoms with Gasteiger partial charge in [0.15, 0.2) is 11.5 Å². The molecule has 0 atom stereocenters. The second kappa shape index (κ2) is 9.62. The zero-order valence-electron chi connectivity index (χ0n) is 16.5. The molecule has 2 aromatic carbocycles. The Labute approximate surface area is 162 Å². The van der Waals surface area contributed by atoms with Gasteiger partial charge in [0, 0.05) is 12.6 Å². The van der Waals surface area contributed by atoms with Crippen molar-refractivity contribution in [3.63, 3.8) is 0 Å². The van der Waals surface area contributed by atoms with E-state index < -0.39 is 0 Å². The predicted octanol–water partition coefficient (Wildman–Crippen LogP) is 3.47. The first-order valence-corrected chi connectivity index (χ1v) is 9.53. The smallest absolute Gasteiger partial charge is 0.203 e. The highest BCUT2D eigenvalue weighted by Crippen LogP contribution is 2.39. The third-order valence-electron chi connectivity index (χ3n) is 5.06. The monoisotopic (exact) mass is 370 g/mol. The number of likely N-dealkylation sites (tertiary alicyclic amines) is 1. The lowest BCUT2D eigenvalue weighted by Crippen LogP contribution is -2.40. The fraction of sp³-hybridized carbons (Fsp3) is 0.455. The topological polar surface area (TPSA) is 43.0 Å². The summed E-state index contributed by atoms with van der Waals surface area (Å²) in [6.45, 7) is 3.56. The van der Waals surface area contributed by atoms with Crippen LogP contribution in [-0.4, -0.2) is 45.3 Å². The minimum absolute atomic E-state index is 0.473. The standard InChI is InChI=1S/C22H30N2O3/c1-24-11-9-19(10-12-24)23-15-18-13-20(25-2)22(21(14-18)26-3)27-16-17-7-5-4-6-8-17/h4-8,13-14,19,23H,9-12,15-16H2,1-3H3. The summed E-state index contributed by atoms with van der Waals surface area (Å²) in [6, 6.07) is 14.7. The van der Waals surface area contributed by atoms with Crippen LogP contribution in [0.25, 0.3) is 0 Å². The molecule has 0 saturated carbocycles. The van der Waals surface area contributed by atoms with E-state index in [1.54, 1.807) is 14.2 Å². The molecule has 0 bridgehead atoms. The molecule has 5 nitrogen and oxygen atoms in total. The molecule has 1 aliphatic rings. The average Bonchev–Trinajstić information content (AvgIpc) is 2.72. The Balaban J connectivity index is 1.67. The molecule has 27 heavy (non-hydrogen) atoms. The van der Waals surface area contributed by atoms with E-state index in [-0.39, 0.29) is 0 Å². The third kappa shape index (κ3) is 5.37. The molecule has 0 amide bonds. The van der Waals surface area contributed by atoms with E-state index in [1.807, 2.05) is 42.5 Å². The zero-order valence-corrected chi connectivity index (χ0v) is 16.5. The van der Waals surface area contributed by atoms with E-state index in [0.29, 0.717) is 29.9 Å². The van der Waals surface area contributed by atoms with Crippen LogP contribution in [0.5, 0.6) is 17.2 Å². The molecule has 0 radical (unpaired) electrons. The largest absolute Gasteiger partial charge is 0.493 e. The number of ether oxygens (including phenoxy) is 3. The number of hydrogen-bond acceptors (Lipinski definition) is 5. The molecule has 1 fully saturated rings. The van der Waals surface area contributed by atoms with Gasteiger partial charge in [-0.05, 0) is 56.2 Å². The van der Waals surface area contributed by atoms with Gasteiger partial charge in [0.1, 0.15) is 6.61 Å². The first-order chi connectivity index (χ1) is 13.2. The van der Waals surface area contributed by atoms with E-state index in [9.17, 15) is 0 Å². The van der Waals surface area contributed by atoms with Crippen molar-refractivity contribution in [1.29, 1.82) is 0 Å². The van der Waals surface area contributed by atoms with Crippen LogP contribution < -0.4 is 19.5 Å². The van der Waals surface area contributed by atoms with Gasteiger partial charge < -0.3 is 24.4 Å². The van der Waals surface area contributed by atoms with Gasteiger partial charge in [-0.2, -0.15) is 0 Å². The molecule has 0 unspecified atom stereocenters. The van der Waals surface area contributed by atoms with E-state index in [4.69, 9.17) is 14.2 Å². The summed E-state index contributed by atoms with van der Waals surface area (Å²) in [6.07, 6.45) is 2.37. The number of piperidine rings is 1. The number of hydrogen-bond donors (Lipinski definition) is 1. The molecule has 3 rings (SSSR count). The summed E-state index contributed by atoms with van der Waals surface area (Å²) in [5.74, 6) is 2.04. The lowest BCUT2D eigenvalue weighted by atomic mass is 10.0. The number of nitrogens with one attached hydrogen (secondary N) is 1. The van der Waals surface area contributed by atoms with Gasteiger partial charge >= 0.3 is 0 Å². The van der Waals surface area contributed by atoms with Crippen molar-refractivity contribution >= 4 is 0 Å². The third-order valence-corrected chi connectivity index (χ3v) is 5.06. The van der Waals surface area contributed by atoms with Gasteiger partial charge in [-0.3, -0.25) is 0 Å². The molecular formula is C22H30N2O3. The van der Waals surface area contributed by atoms with Gasteiger partial charge in [0.2, 0.25) is 5.75 Å². The Kier molecular flexibility index (Phi) is 6.96. The zero-order chi connectivity index (χ0) is 19.1. The molecule has 146 valence electrons. The van der Waals surface area contributed by atoms with Crippen LogP contribution in [0.15, 0.2) is 42.5 Å². The molecule has 2 aromatic rings. The first kappa shape index (κ1) is 19.5. The van der Waals surface area contributed by atoms with Crippen molar-refractivity contribution in [3.05, 3.63) is 53.6 Å². The molecule has 1 heterocycles. The quantitative estimate of drug-likeness (QED) is 0.771. The van der Waals surface area contributed by atoms with Crippen LogP contribution in [-0.2, 0) is 13.2 Å². The highest BCUT2D eigenvalue weighted by atomic mass is 16.5. The Morgan fingerprint density at radius 2 is 1.59 bits per heavy atom. The maximum atomic E-state index is 6.02. The minimum atomic E-state index is 0.473. The van der Waals surface area contributed by atoms with Crippen molar-refractivity contribution in [2.45, 2.75) is 32.0 Å². The van der Waals surface area contributed by atoms with E-state index in [0.717, 1.165) is 30.8 Å². The SMILES string of the molecule is COc1cc(CNC2CCN(C)CC2)cc(OC)c1OCc1ccccc1. The highest BCUT2D eigenvalue weighted by molar-refractivity contribution is 5.54. The Morgan fingerprint density at radius 3 is 2.19 bits per heavy atom. The summed E-state index contributed by atoms with van der Waals surface area (Å²) >= 11 is 0. The number of nitrogens with zero attached hydrogens (tertiary/aromatic N) is 1. The van der Waals surface area contributed by atoms with Crippen LogP contribution in [0, 0.1) is 0 Å². The van der Waals surface area contributed by atoms with Crippen molar-refractivity contribution in [2.75, 3.05) is 34.4 Å². The number of methoxy groups -OCH3 is 2. The van der Waals surface area contributed by atoms with E-state index >= 15 is 0 Å². The lowest BCUT2D eigenvalue weighted by Gasteiger charge is -2.29. The van der Waals surface area contributed by atoms with E-state index in [1.165, 1.54) is 12.8 Å². The van der Waals surface area contributed by atoms with Gasteiger partial charge in [0.05, 0.1) is 14.2 Å². The molecule has 0 aliphatic carbocycles. The Morgan fingerprint density at radius 1 is 0.963 bits per heavy atom. The van der Waals surface area contributed by atoms with Crippen LogP contribution >= 0.6 is 0 Å². The molecule has 0 spiro atoms. The van der Waals surface area contributed by atoms with Gasteiger partial charge in [-0.15, -0.1) is 0 Å².